The van der Waals surface area contributed by atoms with Crippen molar-refractivity contribution >= 4 is 11.9 Å². The highest BCUT2D eigenvalue weighted by Gasteiger charge is 2.23. The standard InChI is InChI=1S/C18H18O5/c1-12-6-4-7-13(10-12)11-23-15-9-5-8-14(17(19)21-2)16(15)18(20)22-3/h4-10H,11H2,1-3H3. The molecule has 120 valence electrons. The number of methoxy groups -OCH3 is 2. The number of esters is 2. The van der Waals surface area contributed by atoms with Crippen LogP contribution in [0.1, 0.15) is 31.8 Å². The van der Waals surface area contributed by atoms with Gasteiger partial charge in [-0.05, 0) is 24.6 Å². The first-order valence-electron chi connectivity index (χ1n) is 7.04. The van der Waals surface area contributed by atoms with Crippen LogP contribution >= 0.6 is 0 Å². The van der Waals surface area contributed by atoms with Crippen molar-refractivity contribution in [3.05, 3.63) is 64.7 Å². The van der Waals surface area contributed by atoms with Crippen molar-refractivity contribution < 1.29 is 23.8 Å². The highest BCUT2D eigenvalue weighted by molar-refractivity contribution is 6.05. The Bertz CT molecular complexity index is 721. The summed E-state index contributed by atoms with van der Waals surface area (Å²) < 4.78 is 15.2. The molecule has 0 atom stereocenters. The topological polar surface area (TPSA) is 61.8 Å². The number of hydrogen-bond acceptors (Lipinski definition) is 5. The Morgan fingerprint density at radius 1 is 0.957 bits per heavy atom. The third kappa shape index (κ3) is 3.88. The zero-order chi connectivity index (χ0) is 16.8. The van der Waals surface area contributed by atoms with Crippen LogP contribution in [0.4, 0.5) is 0 Å². The van der Waals surface area contributed by atoms with Crippen LogP contribution in [0.3, 0.4) is 0 Å². The van der Waals surface area contributed by atoms with Crippen molar-refractivity contribution in [3.8, 4) is 5.75 Å². The highest BCUT2D eigenvalue weighted by atomic mass is 16.5. The van der Waals surface area contributed by atoms with E-state index in [0.717, 1.165) is 11.1 Å². The Labute approximate surface area is 134 Å². The number of aryl methyl sites for hydroxylation is 1. The summed E-state index contributed by atoms with van der Waals surface area (Å²) in [6, 6.07) is 12.6. The van der Waals surface area contributed by atoms with Crippen LogP contribution in [0, 0.1) is 6.92 Å². The molecule has 0 radical (unpaired) electrons. The van der Waals surface area contributed by atoms with Gasteiger partial charge in [0.2, 0.25) is 0 Å². The molecule has 0 aliphatic rings. The number of rotatable bonds is 5. The molecule has 0 spiro atoms. The lowest BCUT2D eigenvalue weighted by molar-refractivity contribution is 0.0550. The van der Waals surface area contributed by atoms with E-state index < -0.39 is 11.9 Å². The van der Waals surface area contributed by atoms with Crippen LogP contribution in [0.5, 0.6) is 5.75 Å². The number of benzene rings is 2. The zero-order valence-corrected chi connectivity index (χ0v) is 13.3. The lowest BCUT2D eigenvalue weighted by Gasteiger charge is -2.13. The fourth-order valence-electron chi connectivity index (χ4n) is 2.21. The smallest absolute Gasteiger partial charge is 0.342 e. The van der Waals surface area contributed by atoms with Gasteiger partial charge in [-0.1, -0.05) is 35.9 Å². The third-order valence-corrected chi connectivity index (χ3v) is 3.30. The number of ether oxygens (including phenoxy) is 3. The molecule has 0 bridgehead atoms. The van der Waals surface area contributed by atoms with E-state index in [1.807, 2.05) is 31.2 Å². The van der Waals surface area contributed by atoms with Gasteiger partial charge in [-0.2, -0.15) is 0 Å². The monoisotopic (exact) mass is 314 g/mol. The van der Waals surface area contributed by atoms with E-state index in [4.69, 9.17) is 14.2 Å². The molecule has 0 saturated heterocycles. The first kappa shape index (κ1) is 16.5. The summed E-state index contributed by atoms with van der Waals surface area (Å²) in [5.41, 5.74) is 2.25. The third-order valence-electron chi connectivity index (χ3n) is 3.30. The molecule has 0 aromatic heterocycles. The van der Waals surface area contributed by atoms with Gasteiger partial charge < -0.3 is 14.2 Å². The molecule has 0 aliphatic heterocycles. The predicted molar refractivity (Wildman–Crippen MR) is 84.6 cm³/mol. The van der Waals surface area contributed by atoms with Crippen molar-refractivity contribution in [2.75, 3.05) is 14.2 Å². The molecule has 0 heterocycles. The second-order valence-corrected chi connectivity index (χ2v) is 4.94. The maximum atomic E-state index is 12.0. The zero-order valence-electron chi connectivity index (χ0n) is 13.3. The highest BCUT2D eigenvalue weighted by Crippen LogP contribution is 2.25. The minimum Gasteiger partial charge on any atom is -0.488 e. The second-order valence-electron chi connectivity index (χ2n) is 4.94. The lowest BCUT2D eigenvalue weighted by Crippen LogP contribution is -2.14. The molecule has 23 heavy (non-hydrogen) atoms. The van der Waals surface area contributed by atoms with Crippen molar-refractivity contribution in [3.63, 3.8) is 0 Å². The average molecular weight is 314 g/mol. The first-order chi connectivity index (χ1) is 11.1. The van der Waals surface area contributed by atoms with Gasteiger partial charge in [0, 0.05) is 0 Å². The molecule has 0 saturated carbocycles. The van der Waals surface area contributed by atoms with E-state index in [0.29, 0.717) is 0 Å². The normalized spacial score (nSPS) is 10.0. The minimum atomic E-state index is -0.648. The van der Waals surface area contributed by atoms with Gasteiger partial charge in [-0.25, -0.2) is 9.59 Å². The van der Waals surface area contributed by atoms with E-state index in [1.165, 1.54) is 20.3 Å². The van der Waals surface area contributed by atoms with Crippen LogP contribution < -0.4 is 4.74 Å². The summed E-state index contributed by atoms with van der Waals surface area (Å²) in [6.45, 7) is 2.26. The van der Waals surface area contributed by atoms with Gasteiger partial charge in [-0.3, -0.25) is 0 Å². The Balaban J connectivity index is 2.33. The Morgan fingerprint density at radius 3 is 2.30 bits per heavy atom. The van der Waals surface area contributed by atoms with Crippen LogP contribution in [0.2, 0.25) is 0 Å². The van der Waals surface area contributed by atoms with Gasteiger partial charge in [0.05, 0.1) is 19.8 Å². The largest absolute Gasteiger partial charge is 0.488 e. The summed E-state index contributed by atoms with van der Waals surface area (Å²) in [5.74, 6) is -0.988. The van der Waals surface area contributed by atoms with E-state index in [2.05, 4.69) is 0 Å². The maximum Gasteiger partial charge on any atom is 0.342 e. The van der Waals surface area contributed by atoms with Crippen LogP contribution in [0.15, 0.2) is 42.5 Å². The lowest BCUT2D eigenvalue weighted by atomic mass is 10.1. The number of hydrogen-bond donors (Lipinski definition) is 0. The summed E-state index contributed by atoms with van der Waals surface area (Å²) in [6.07, 6.45) is 0. The predicted octanol–water partition coefficient (Wildman–Crippen LogP) is 3.15. The molecule has 0 N–H and O–H groups in total. The van der Waals surface area contributed by atoms with Crippen molar-refractivity contribution in [2.24, 2.45) is 0 Å². The van der Waals surface area contributed by atoms with Gasteiger partial charge in [0.15, 0.2) is 0 Å². The maximum absolute atomic E-state index is 12.0. The van der Waals surface area contributed by atoms with Crippen molar-refractivity contribution in [1.29, 1.82) is 0 Å². The molecular formula is C18H18O5. The quantitative estimate of drug-likeness (QED) is 0.793. The SMILES string of the molecule is COC(=O)c1cccc(OCc2cccc(C)c2)c1C(=O)OC. The molecule has 0 fully saturated rings. The number of carbonyl (C=O) groups excluding carboxylic acids is 2. The van der Waals surface area contributed by atoms with E-state index >= 15 is 0 Å². The number of carbonyl (C=O) groups is 2. The van der Waals surface area contributed by atoms with E-state index in [-0.39, 0.29) is 23.5 Å². The molecule has 5 nitrogen and oxygen atoms in total. The molecule has 0 unspecified atom stereocenters. The van der Waals surface area contributed by atoms with Crippen LogP contribution in [-0.4, -0.2) is 26.2 Å². The molecule has 2 aromatic carbocycles. The Kier molecular flexibility index (Phi) is 5.36. The molecule has 5 heteroatoms. The minimum absolute atomic E-state index is 0.0644. The molecular weight excluding hydrogens is 296 g/mol. The fraction of sp³-hybridized carbons (Fsp3) is 0.222. The summed E-state index contributed by atoms with van der Waals surface area (Å²) in [5, 5.41) is 0. The van der Waals surface area contributed by atoms with Gasteiger partial charge in [0.25, 0.3) is 0 Å². The van der Waals surface area contributed by atoms with Gasteiger partial charge >= 0.3 is 11.9 Å². The Morgan fingerprint density at radius 2 is 1.65 bits per heavy atom. The average Bonchev–Trinajstić information content (AvgIpc) is 2.58. The summed E-state index contributed by atoms with van der Waals surface area (Å²) >= 11 is 0. The van der Waals surface area contributed by atoms with Gasteiger partial charge in [-0.15, -0.1) is 0 Å². The van der Waals surface area contributed by atoms with Crippen molar-refractivity contribution in [1.82, 2.24) is 0 Å². The molecule has 0 amide bonds. The van der Waals surface area contributed by atoms with E-state index in [9.17, 15) is 9.59 Å². The molecule has 2 aromatic rings. The first-order valence-corrected chi connectivity index (χ1v) is 7.04. The fourth-order valence-corrected chi connectivity index (χ4v) is 2.21. The summed E-state index contributed by atoms with van der Waals surface area (Å²) in [7, 11) is 2.50. The van der Waals surface area contributed by atoms with Gasteiger partial charge in [0.1, 0.15) is 17.9 Å². The van der Waals surface area contributed by atoms with Crippen LogP contribution in [-0.2, 0) is 16.1 Å². The molecule has 0 aliphatic carbocycles. The van der Waals surface area contributed by atoms with Crippen LogP contribution in [0.25, 0.3) is 0 Å². The molecule has 2 rings (SSSR count). The van der Waals surface area contributed by atoms with E-state index in [1.54, 1.807) is 12.1 Å². The van der Waals surface area contributed by atoms with Crippen molar-refractivity contribution in [2.45, 2.75) is 13.5 Å². The Hall–Kier alpha value is -2.82. The summed E-state index contributed by atoms with van der Waals surface area (Å²) in [4.78, 5) is 23.9. The second kappa shape index (κ2) is 7.45.